The molecule has 0 radical (unpaired) electrons. The summed E-state index contributed by atoms with van der Waals surface area (Å²) in [5, 5.41) is 2.98. The number of hydrogen-bond acceptors (Lipinski definition) is 3. The number of urea groups is 1. The first kappa shape index (κ1) is 18.6. The van der Waals surface area contributed by atoms with Crippen LogP contribution in [0.15, 0.2) is 18.2 Å². The van der Waals surface area contributed by atoms with Crippen LogP contribution < -0.4 is 10.2 Å². The van der Waals surface area contributed by atoms with Gasteiger partial charge in [-0.3, -0.25) is 0 Å². The second-order valence-corrected chi connectivity index (χ2v) is 6.18. The first-order valence-corrected chi connectivity index (χ1v) is 9.08. The number of ether oxygens (including phenoxy) is 1. The van der Waals surface area contributed by atoms with Crippen molar-refractivity contribution < 1.29 is 9.53 Å². The Labute approximate surface area is 146 Å². The van der Waals surface area contributed by atoms with E-state index >= 15 is 0 Å². The minimum absolute atomic E-state index is 0.0465. The molecule has 1 aromatic carbocycles. The number of methoxy groups -OCH3 is 1. The SMILES string of the molecule is CCc1cccc(CC)c1N1CCN(C(=O)NCCCOC)CC1. The van der Waals surface area contributed by atoms with E-state index in [-0.39, 0.29) is 6.03 Å². The fourth-order valence-corrected chi connectivity index (χ4v) is 3.28. The molecule has 1 aliphatic rings. The highest BCUT2D eigenvalue weighted by Gasteiger charge is 2.23. The molecule has 2 amide bonds. The summed E-state index contributed by atoms with van der Waals surface area (Å²) < 4.78 is 5.00. The van der Waals surface area contributed by atoms with Gasteiger partial charge in [-0.2, -0.15) is 0 Å². The Morgan fingerprint density at radius 3 is 2.29 bits per heavy atom. The third-order valence-electron chi connectivity index (χ3n) is 4.65. The summed E-state index contributed by atoms with van der Waals surface area (Å²) in [5.74, 6) is 0. The van der Waals surface area contributed by atoms with Gasteiger partial charge < -0.3 is 19.9 Å². The fraction of sp³-hybridized carbons (Fsp3) is 0.632. The van der Waals surface area contributed by atoms with Gasteiger partial charge in [0.15, 0.2) is 0 Å². The molecule has 0 aliphatic carbocycles. The van der Waals surface area contributed by atoms with Crippen LogP contribution in [0.4, 0.5) is 10.5 Å². The van der Waals surface area contributed by atoms with Crippen molar-refractivity contribution in [3.05, 3.63) is 29.3 Å². The molecule has 2 rings (SSSR count). The Kier molecular flexibility index (Phi) is 7.37. The van der Waals surface area contributed by atoms with Gasteiger partial charge in [-0.15, -0.1) is 0 Å². The van der Waals surface area contributed by atoms with E-state index in [2.05, 4.69) is 42.3 Å². The van der Waals surface area contributed by atoms with Crippen LogP contribution in [0.3, 0.4) is 0 Å². The summed E-state index contributed by atoms with van der Waals surface area (Å²) >= 11 is 0. The van der Waals surface area contributed by atoms with Crippen molar-refractivity contribution in [2.75, 3.05) is 51.3 Å². The molecule has 134 valence electrons. The highest BCUT2D eigenvalue weighted by Crippen LogP contribution is 2.27. The molecule has 0 saturated carbocycles. The van der Waals surface area contributed by atoms with Crippen LogP contribution in [0.1, 0.15) is 31.4 Å². The summed E-state index contributed by atoms with van der Waals surface area (Å²) in [5.41, 5.74) is 4.21. The van der Waals surface area contributed by atoms with Crippen molar-refractivity contribution in [2.24, 2.45) is 0 Å². The van der Waals surface area contributed by atoms with Gasteiger partial charge in [0.25, 0.3) is 0 Å². The molecule has 1 heterocycles. The molecular weight excluding hydrogens is 302 g/mol. The Balaban J connectivity index is 1.92. The van der Waals surface area contributed by atoms with E-state index in [0.29, 0.717) is 13.2 Å². The lowest BCUT2D eigenvalue weighted by molar-refractivity contribution is 0.183. The van der Waals surface area contributed by atoms with Gasteiger partial charge in [-0.05, 0) is 30.4 Å². The maximum atomic E-state index is 12.2. The predicted octanol–water partition coefficient (Wildman–Crippen LogP) is 2.68. The molecule has 1 aliphatic heterocycles. The number of para-hydroxylation sites is 1. The van der Waals surface area contributed by atoms with Crippen LogP contribution in [-0.4, -0.2) is 57.4 Å². The Morgan fingerprint density at radius 1 is 1.12 bits per heavy atom. The van der Waals surface area contributed by atoms with E-state index < -0.39 is 0 Å². The molecular formula is C19H31N3O2. The van der Waals surface area contributed by atoms with Crippen LogP contribution >= 0.6 is 0 Å². The third kappa shape index (κ3) is 4.63. The minimum Gasteiger partial charge on any atom is -0.385 e. The fourth-order valence-electron chi connectivity index (χ4n) is 3.28. The number of carbonyl (C=O) groups is 1. The molecule has 5 heteroatoms. The zero-order valence-corrected chi connectivity index (χ0v) is 15.3. The highest BCUT2D eigenvalue weighted by atomic mass is 16.5. The van der Waals surface area contributed by atoms with Gasteiger partial charge in [0, 0.05) is 52.1 Å². The predicted molar refractivity (Wildman–Crippen MR) is 98.9 cm³/mol. The van der Waals surface area contributed by atoms with Crippen LogP contribution in [0, 0.1) is 0 Å². The van der Waals surface area contributed by atoms with E-state index in [1.54, 1.807) is 7.11 Å². The standard InChI is InChI=1S/C19H31N3O2/c1-4-16-8-6-9-17(5-2)18(16)21-11-13-22(14-12-21)19(23)20-10-7-15-24-3/h6,8-9H,4-5,7,10-15H2,1-3H3,(H,20,23). The number of rotatable bonds is 7. The molecule has 1 fully saturated rings. The molecule has 1 N–H and O–H groups in total. The second kappa shape index (κ2) is 9.52. The molecule has 24 heavy (non-hydrogen) atoms. The third-order valence-corrected chi connectivity index (χ3v) is 4.65. The van der Waals surface area contributed by atoms with Gasteiger partial charge in [0.05, 0.1) is 0 Å². The number of piperazine rings is 1. The van der Waals surface area contributed by atoms with Gasteiger partial charge >= 0.3 is 6.03 Å². The Bertz CT molecular complexity index is 503. The number of aryl methyl sites for hydroxylation is 2. The number of anilines is 1. The van der Waals surface area contributed by atoms with E-state index in [4.69, 9.17) is 4.74 Å². The first-order chi connectivity index (χ1) is 11.7. The van der Waals surface area contributed by atoms with E-state index in [1.165, 1.54) is 16.8 Å². The van der Waals surface area contributed by atoms with E-state index in [9.17, 15) is 4.79 Å². The average Bonchev–Trinajstić information content (AvgIpc) is 2.64. The van der Waals surface area contributed by atoms with Crippen molar-refractivity contribution in [3.8, 4) is 0 Å². The second-order valence-electron chi connectivity index (χ2n) is 6.18. The largest absolute Gasteiger partial charge is 0.385 e. The van der Waals surface area contributed by atoms with Gasteiger partial charge in [0.1, 0.15) is 0 Å². The van der Waals surface area contributed by atoms with Crippen molar-refractivity contribution in [1.29, 1.82) is 0 Å². The summed E-state index contributed by atoms with van der Waals surface area (Å²) in [6.07, 6.45) is 2.94. The van der Waals surface area contributed by atoms with E-state index in [1.807, 2.05) is 4.90 Å². The smallest absolute Gasteiger partial charge is 0.317 e. The molecule has 0 aromatic heterocycles. The molecule has 1 aromatic rings. The van der Waals surface area contributed by atoms with E-state index in [0.717, 1.165) is 45.4 Å². The molecule has 0 atom stereocenters. The van der Waals surface area contributed by atoms with Crippen molar-refractivity contribution >= 4 is 11.7 Å². The monoisotopic (exact) mass is 333 g/mol. The normalized spacial score (nSPS) is 14.8. The maximum absolute atomic E-state index is 12.2. The molecule has 0 unspecified atom stereocenters. The highest BCUT2D eigenvalue weighted by molar-refractivity contribution is 5.74. The molecule has 0 spiro atoms. The number of amides is 2. The van der Waals surface area contributed by atoms with Gasteiger partial charge in [-0.1, -0.05) is 32.0 Å². The lowest BCUT2D eigenvalue weighted by Gasteiger charge is -2.38. The number of hydrogen-bond donors (Lipinski definition) is 1. The molecule has 0 bridgehead atoms. The zero-order chi connectivity index (χ0) is 17.4. The number of benzene rings is 1. The van der Waals surface area contributed by atoms with Crippen LogP contribution in [0.2, 0.25) is 0 Å². The summed E-state index contributed by atoms with van der Waals surface area (Å²) in [7, 11) is 1.68. The number of carbonyl (C=O) groups excluding carboxylic acids is 1. The first-order valence-electron chi connectivity index (χ1n) is 9.08. The summed E-state index contributed by atoms with van der Waals surface area (Å²) in [4.78, 5) is 16.6. The minimum atomic E-state index is 0.0465. The van der Waals surface area contributed by atoms with Crippen molar-refractivity contribution in [1.82, 2.24) is 10.2 Å². The van der Waals surface area contributed by atoms with Gasteiger partial charge in [-0.25, -0.2) is 4.79 Å². The van der Waals surface area contributed by atoms with Crippen LogP contribution in [-0.2, 0) is 17.6 Å². The van der Waals surface area contributed by atoms with Gasteiger partial charge in [0.2, 0.25) is 0 Å². The Hall–Kier alpha value is -1.75. The zero-order valence-electron chi connectivity index (χ0n) is 15.3. The lowest BCUT2D eigenvalue weighted by Crippen LogP contribution is -2.52. The summed E-state index contributed by atoms with van der Waals surface area (Å²) in [6, 6.07) is 6.66. The quantitative estimate of drug-likeness (QED) is 0.780. The van der Waals surface area contributed by atoms with Crippen molar-refractivity contribution in [2.45, 2.75) is 33.1 Å². The summed E-state index contributed by atoms with van der Waals surface area (Å²) in [6.45, 7) is 9.12. The molecule has 5 nitrogen and oxygen atoms in total. The van der Waals surface area contributed by atoms with Crippen LogP contribution in [0.5, 0.6) is 0 Å². The number of nitrogens with one attached hydrogen (secondary N) is 1. The lowest BCUT2D eigenvalue weighted by atomic mass is 10.0. The average molecular weight is 333 g/mol. The Morgan fingerprint density at radius 2 is 1.75 bits per heavy atom. The van der Waals surface area contributed by atoms with Crippen molar-refractivity contribution in [3.63, 3.8) is 0 Å². The topological polar surface area (TPSA) is 44.8 Å². The molecule has 1 saturated heterocycles. The number of nitrogens with zero attached hydrogens (tertiary/aromatic N) is 2. The maximum Gasteiger partial charge on any atom is 0.317 e. The van der Waals surface area contributed by atoms with Crippen LogP contribution in [0.25, 0.3) is 0 Å².